The Kier molecular flexibility index (Phi) is 6.32. The van der Waals surface area contributed by atoms with Gasteiger partial charge in [0.2, 0.25) is 0 Å². The number of nitrogens with zero attached hydrogens (tertiary/aromatic N) is 3. The van der Waals surface area contributed by atoms with E-state index < -0.39 is 0 Å². The van der Waals surface area contributed by atoms with Crippen molar-refractivity contribution in [3.8, 4) is 11.4 Å². The number of nitrogens with one attached hydrogen (secondary N) is 1. The van der Waals surface area contributed by atoms with E-state index in [1.165, 1.54) is 3.57 Å². The number of rotatable bonds is 5. The predicted octanol–water partition coefficient (Wildman–Crippen LogP) is 5.87. The summed E-state index contributed by atoms with van der Waals surface area (Å²) in [4.78, 5) is 12.8. The van der Waals surface area contributed by atoms with E-state index in [0.717, 1.165) is 39.7 Å². The van der Waals surface area contributed by atoms with E-state index in [0.29, 0.717) is 5.56 Å². The smallest absolute Gasteiger partial charge is 0.273 e. The lowest BCUT2D eigenvalue weighted by Gasteiger charge is -2.09. The zero-order valence-electron chi connectivity index (χ0n) is 18.6. The van der Waals surface area contributed by atoms with Gasteiger partial charge in [-0.2, -0.15) is 5.10 Å². The molecule has 0 unspecified atom stereocenters. The number of aromatic nitrogens is 2. The predicted molar refractivity (Wildman–Crippen MR) is 138 cm³/mol. The van der Waals surface area contributed by atoms with Crippen molar-refractivity contribution < 1.29 is 4.79 Å². The third kappa shape index (κ3) is 4.27. The van der Waals surface area contributed by atoms with Crippen LogP contribution in [0.4, 0.5) is 0 Å². The van der Waals surface area contributed by atoms with Crippen molar-refractivity contribution in [2.24, 2.45) is 5.10 Å². The number of halogens is 1. The standard InChI is InChI=1S/C26H25IN4O/c1-17-14-21(19(3)30(17)24-12-10-22(27)11-13-24)16-28-29-26(32)25-15-18(2)31(20(25)4)23-8-6-5-7-9-23/h5-16H,1-4H3,(H,29,32)/b28-16-. The molecule has 2 heterocycles. The average molecular weight is 536 g/mol. The van der Waals surface area contributed by atoms with Gasteiger partial charge in [0.1, 0.15) is 0 Å². The minimum atomic E-state index is -0.219. The average Bonchev–Trinajstić information content (AvgIpc) is 3.23. The molecule has 4 rings (SSSR count). The second-order valence-electron chi connectivity index (χ2n) is 7.79. The van der Waals surface area contributed by atoms with Crippen LogP contribution < -0.4 is 5.43 Å². The second-order valence-corrected chi connectivity index (χ2v) is 9.04. The summed E-state index contributed by atoms with van der Waals surface area (Å²) in [5.41, 5.74) is 10.5. The Morgan fingerprint density at radius 3 is 2.12 bits per heavy atom. The zero-order chi connectivity index (χ0) is 22.8. The number of hydrazone groups is 1. The van der Waals surface area contributed by atoms with Gasteiger partial charge in [-0.05, 0) is 98.8 Å². The Morgan fingerprint density at radius 1 is 0.844 bits per heavy atom. The van der Waals surface area contributed by atoms with Crippen LogP contribution in [0.2, 0.25) is 0 Å². The highest BCUT2D eigenvalue weighted by Crippen LogP contribution is 2.22. The summed E-state index contributed by atoms with van der Waals surface area (Å²) in [6.45, 7) is 8.08. The first kappa shape index (κ1) is 22.1. The van der Waals surface area contributed by atoms with Crippen molar-refractivity contribution in [2.45, 2.75) is 27.7 Å². The highest BCUT2D eigenvalue weighted by atomic mass is 127. The van der Waals surface area contributed by atoms with Crippen molar-refractivity contribution in [1.29, 1.82) is 0 Å². The van der Waals surface area contributed by atoms with Crippen molar-refractivity contribution in [3.05, 3.63) is 104 Å². The molecule has 0 bridgehead atoms. The first-order valence-corrected chi connectivity index (χ1v) is 11.5. The lowest BCUT2D eigenvalue weighted by molar-refractivity contribution is 0.0954. The Labute approximate surface area is 201 Å². The zero-order valence-corrected chi connectivity index (χ0v) is 20.7. The van der Waals surface area contributed by atoms with Crippen molar-refractivity contribution in [3.63, 3.8) is 0 Å². The van der Waals surface area contributed by atoms with Crippen LogP contribution >= 0.6 is 22.6 Å². The van der Waals surface area contributed by atoms with E-state index in [1.54, 1.807) is 6.21 Å². The molecule has 2 aromatic heterocycles. The summed E-state index contributed by atoms with van der Waals surface area (Å²) in [5.74, 6) is -0.219. The van der Waals surface area contributed by atoms with Crippen LogP contribution in [0.25, 0.3) is 11.4 Å². The van der Waals surface area contributed by atoms with Gasteiger partial charge >= 0.3 is 0 Å². The normalized spacial score (nSPS) is 11.3. The molecule has 0 aliphatic carbocycles. The molecule has 162 valence electrons. The molecule has 0 radical (unpaired) electrons. The Balaban J connectivity index is 1.54. The molecule has 0 fully saturated rings. The highest BCUT2D eigenvalue weighted by molar-refractivity contribution is 14.1. The SMILES string of the molecule is Cc1cc(/C=N\NC(=O)c2cc(C)n(-c3ccccc3)c2C)c(C)n1-c1ccc(I)cc1. The minimum Gasteiger partial charge on any atom is -0.318 e. The maximum atomic E-state index is 12.8. The van der Waals surface area contributed by atoms with Gasteiger partial charge in [-0.3, -0.25) is 4.79 Å². The third-order valence-corrected chi connectivity index (χ3v) is 6.33. The topological polar surface area (TPSA) is 51.3 Å². The summed E-state index contributed by atoms with van der Waals surface area (Å²) in [6, 6.07) is 22.4. The van der Waals surface area contributed by atoms with Crippen molar-refractivity contribution >= 4 is 34.7 Å². The highest BCUT2D eigenvalue weighted by Gasteiger charge is 2.16. The molecule has 6 heteroatoms. The van der Waals surface area contributed by atoms with E-state index >= 15 is 0 Å². The third-order valence-electron chi connectivity index (χ3n) is 5.61. The molecule has 2 aromatic carbocycles. The number of amides is 1. The van der Waals surface area contributed by atoms with Crippen LogP contribution in [-0.2, 0) is 0 Å². The number of para-hydroxylation sites is 1. The van der Waals surface area contributed by atoms with Gasteiger partial charge in [0.15, 0.2) is 0 Å². The molecular weight excluding hydrogens is 511 g/mol. The van der Waals surface area contributed by atoms with Crippen LogP contribution in [-0.4, -0.2) is 21.3 Å². The first-order chi connectivity index (χ1) is 15.4. The number of carbonyl (C=O) groups excluding carboxylic acids is 1. The van der Waals surface area contributed by atoms with E-state index in [9.17, 15) is 4.79 Å². The number of benzene rings is 2. The lowest BCUT2D eigenvalue weighted by Crippen LogP contribution is -2.18. The molecule has 4 aromatic rings. The molecule has 0 saturated carbocycles. The van der Waals surface area contributed by atoms with Crippen molar-refractivity contribution in [2.75, 3.05) is 0 Å². The largest absolute Gasteiger partial charge is 0.318 e. The molecule has 1 amide bonds. The quantitative estimate of drug-likeness (QED) is 0.194. The number of hydrogen-bond acceptors (Lipinski definition) is 2. The van der Waals surface area contributed by atoms with E-state index in [-0.39, 0.29) is 5.91 Å². The van der Waals surface area contributed by atoms with Gasteiger partial charge in [-0.25, -0.2) is 5.43 Å². The fraction of sp³-hybridized carbons (Fsp3) is 0.154. The van der Waals surface area contributed by atoms with Crippen LogP contribution in [0.1, 0.15) is 38.7 Å². The molecular formula is C26H25IN4O. The Hall–Kier alpha value is -3.13. The summed E-state index contributed by atoms with van der Waals surface area (Å²) in [6.07, 6.45) is 1.71. The monoisotopic (exact) mass is 536 g/mol. The summed E-state index contributed by atoms with van der Waals surface area (Å²) in [7, 11) is 0. The molecule has 0 saturated heterocycles. The molecule has 5 nitrogen and oxygen atoms in total. The van der Waals surface area contributed by atoms with Gasteiger partial charge in [0.05, 0.1) is 11.8 Å². The number of aryl methyl sites for hydroxylation is 2. The molecule has 32 heavy (non-hydrogen) atoms. The van der Waals surface area contributed by atoms with Crippen LogP contribution in [0.3, 0.4) is 0 Å². The number of carbonyl (C=O) groups is 1. The van der Waals surface area contributed by atoms with E-state index in [2.05, 4.69) is 86.4 Å². The van der Waals surface area contributed by atoms with E-state index in [4.69, 9.17) is 0 Å². The summed E-state index contributed by atoms with van der Waals surface area (Å²) >= 11 is 2.30. The van der Waals surface area contributed by atoms with Gasteiger partial charge < -0.3 is 9.13 Å². The first-order valence-electron chi connectivity index (χ1n) is 10.4. The number of hydrogen-bond donors (Lipinski definition) is 1. The maximum absolute atomic E-state index is 12.8. The van der Waals surface area contributed by atoms with Gasteiger partial charge in [0.25, 0.3) is 5.91 Å². The fourth-order valence-corrected chi connectivity index (χ4v) is 4.45. The van der Waals surface area contributed by atoms with Crippen LogP contribution in [0.15, 0.2) is 71.8 Å². The summed E-state index contributed by atoms with van der Waals surface area (Å²) in [5, 5.41) is 4.25. The van der Waals surface area contributed by atoms with Crippen LogP contribution in [0.5, 0.6) is 0 Å². The van der Waals surface area contributed by atoms with Crippen molar-refractivity contribution in [1.82, 2.24) is 14.6 Å². The Bertz CT molecular complexity index is 1300. The lowest BCUT2D eigenvalue weighted by atomic mass is 10.2. The molecule has 0 spiro atoms. The molecule has 1 N–H and O–H groups in total. The second kappa shape index (κ2) is 9.16. The molecule has 0 aliphatic rings. The van der Waals surface area contributed by atoms with Gasteiger partial charge in [0, 0.05) is 43.3 Å². The minimum absolute atomic E-state index is 0.219. The fourth-order valence-electron chi connectivity index (χ4n) is 4.09. The molecule has 0 atom stereocenters. The Morgan fingerprint density at radius 2 is 1.44 bits per heavy atom. The van der Waals surface area contributed by atoms with E-state index in [1.807, 2.05) is 50.2 Å². The van der Waals surface area contributed by atoms with Gasteiger partial charge in [-0.15, -0.1) is 0 Å². The summed E-state index contributed by atoms with van der Waals surface area (Å²) < 4.78 is 5.46. The molecule has 0 aliphatic heterocycles. The van der Waals surface area contributed by atoms with Crippen LogP contribution in [0, 0.1) is 31.3 Å². The maximum Gasteiger partial charge on any atom is 0.273 e. The van der Waals surface area contributed by atoms with Gasteiger partial charge in [-0.1, -0.05) is 18.2 Å².